The number of hydrogen-bond acceptors (Lipinski definition) is 5. The second-order valence-corrected chi connectivity index (χ2v) is 8.04. The minimum Gasteiger partial charge on any atom is -0.355 e. The smallest absolute Gasteiger partial charge is 0.355 e. The molecule has 3 rings (SSSR count). The third kappa shape index (κ3) is 3.68. The van der Waals surface area contributed by atoms with Crippen molar-refractivity contribution in [1.29, 1.82) is 0 Å². The van der Waals surface area contributed by atoms with Crippen LogP contribution in [-0.2, 0) is 10.0 Å². The van der Waals surface area contributed by atoms with Crippen molar-refractivity contribution in [2.24, 2.45) is 5.92 Å². The summed E-state index contributed by atoms with van der Waals surface area (Å²) in [5.41, 5.74) is -5.03. The van der Waals surface area contributed by atoms with E-state index in [4.69, 9.17) is 0 Å². The highest BCUT2D eigenvalue weighted by Gasteiger charge is 2.50. The third-order valence-electron chi connectivity index (χ3n) is 4.38. The van der Waals surface area contributed by atoms with Gasteiger partial charge in [-0.3, -0.25) is 9.78 Å². The number of piperidine rings is 1. The van der Waals surface area contributed by atoms with Gasteiger partial charge >= 0.3 is 15.5 Å². The average molecular weight is 390 g/mol. The zero-order valence-corrected chi connectivity index (χ0v) is 14.4. The van der Waals surface area contributed by atoms with Gasteiger partial charge in [-0.25, -0.2) is 13.4 Å². The molecular weight excluding hydrogens is 373 g/mol. The summed E-state index contributed by atoms with van der Waals surface area (Å²) >= 11 is 0. The molecule has 1 aromatic carbocycles. The van der Waals surface area contributed by atoms with Gasteiger partial charge in [-0.15, -0.1) is 0 Å². The minimum atomic E-state index is -5.27. The molecule has 0 bridgehead atoms. The summed E-state index contributed by atoms with van der Waals surface area (Å²) < 4.78 is 61.0. The summed E-state index contributed by atoms with van der Waals surface area (Å²) in [6, 6.07) is 6.85. The number of sulfonamides is 1. The van der Waals surface area contributed by atoms with Crippen LogP contribution in [0.5, 0.6) is 0 Å². The Bertz CT molecular complexity index is 950. The van der Waals surface area contributed by atoms with Gasteiger partial charge < -0.3 is 5.32 Å². The molecule has 2 N–H and O–H groups in total. The molecule has 1 aliphatic rings. The topological polar surface area (TPSA) is 95.2 Å². The van der Waals surface area contributed by atoms with Crippen molar-refractivity contribution in [1.82, 2.24) is 14.3 Å². The molecule has 0 radical (unpaired) electrons. The first-order valence-electron chi connectivity index (χ1n) is 7.98. The maximum Gasteiger partial charge on any atom is 0.511 e. The fourth-order valence-corrected chi connectivity index (χ4v) is 3.90. The van der Waals surface area contributed by atoms with Crippen molar-refractivity contribution in [3.05, 3.63) is 34.6 Å². The first kappa shape index (κ1) is 18.6. The van der Waals surface area contributed by atoms with Crippen LogP contribution in [0.15, 0.2) is 29.1 Å². The fraction of sp³-hybridized carbons (Fsp3) is 0.467. The Morgan fingerprint density at radius 1 is 1.23 bits per heavy atom. The molecule has 0 spiro atoms. The van der Waals surface area contributed by atoms with Crippen LogP contribution in [0.25, 0.3) is 10.9 Å². The van der Waals surface area contributed by atoms with Crippen LogP contribution in [0.1, 0.15) is 12.8 Å². The molecule has 7 nitrogen and oxygen atoms in total. The SMILES string of the molecule is O=c1[nH]c(NCC2CCN(S(=O)(=O)C(F)(F)F)CC2)nc2ccccc12. The van der Waals surface area contributed by atoms with E-state index in [9.17, 15) is 26.4 Å². The normalized spacial score (nSPS) is 17.5. The highest BCUT2D eigenvalue weighted by Crippen LogP contribution is 2.30. The first-order valence-corrected chi connectivity index (χ1v) is 9.42. The molecule has 0 aliphatic carbocycles. The zero-order valence-electron chi connectivity index (χ0n) is 13.6. The van der Waals surface area contributed by atoms with E-state index < -0.39 is 15.5 Å². The van der Waals surface area contributed by atoms with Gasteiger partial charge in [-0.2, -0.15) is 17.5 Å². The largest absolute Gasteiger partial charge is 0.511 e. The molecule has 0 saturated carbocycles. The van der Waals surface area contributed by atoms with E-state index in [1.54, 1.807) is 24.3 Å². The lowest BCUT2D eigenvalue weighted by Crippen LogP contribution is -2.45. The molecule has 1 aliphatic heterocycles. The molecule has 142 valence electrons. The van der Waals surface area contributed by atoms with E-state index in [2.05, 4.69) is 15.3 Å². The summed E-state index contributed by atoms with van der Waals surface area (Å²) in [5, 5.41) is 3.44. The average Bonchev–Trinajstić information content (AvgIpc) is 2.59. The number of alkyl halides is 3. The second kappa shape index (κ2) is 6.88. The van der Waals surface area contributed by atoms with Crippen LogP contribution in [0.2, 0.25) is 0 Å². The fourth-order valence-electron chi connectivity index (χ4n) is 2.91. The Morgan fingerprint density at radius 3 is 2.54 bits per heavy atom. The van der Waals surface area contributed by atoms with E-state index in [0.717, 1.165) is 0 Å². The lowest BCUT2D eigenvalue weighted by atomic mass is 9.98. The van der Waals surface area contributed by atoms with Gasteiger partial charge in [0.2, 0.25) is 5.95 Å². The van der Waals surface area contributed by atoms with Gasteiger partial charge in [0.05, 0.1) is 10.9 Å². The summed E-state index contributed by atoms with van der Waals surface area (Å²) in [7, 11) is -5.27. The third-order valence-corrected chi connectivity index (χ3v) is 6.01. The number of aromatic nitrogens is 2. The zero-order chi connectivity index (χ0) is 18.9. The minimum absolute atomic E-state index is 0.0218. The number of benzene rings is 1. The van der Waals surface area contributed by atoms with Crippen molar-refractivity contribution in [2.45, 2.75) is 18.3 Å². The van der Waals surface area contributed by atoms with Crippen molar-refractivity contribution < 1.29 is 21.6 Å². The molecule has 26 heavy (non-hydrogen) atoms. The van der Waals surface area contributed by atoms with Gasteiger partial charge in [0.15, 0.2) is 0 Å². The van der Waals surface area contributed by atoms with Gasteiger partial charge in [0.1, 0.15) is 0 Å². The number of nitrogens with one attached hydrogen (secondary N) is 2. The van der Waals surface area contributed by atoms with Crippen LogP contribution in [0.4, 0.5) is 19.1 Å². The van der Waals surface area contributed by atoms with Gasteiger partial charge in [-0.05, 0) is 30.9 Å². The van der Waals surface area contributed by atoms with E-state index in [0.29, 0.717) is 34.6 Å². The van der Waals surface area contributed by atoms with E-state index >= 15 is 0 Å². The van der Waals surface area contributed by atoms with Gasteiger partial charge in [-0.1, -0.05) is 12.1 Å². The lowest BCUT2D eigenvalue weighted by Gasteiger charge is -2.31. The lowest BCUT2D eigenvalue weighted by molar-refractivity contribution is -0.0496. The van der Waals surface area contributed by atoms with E-state index in [-0.39, 0.29) is 30.5 Å². The van der Waals surface area contributed by atoms with Crippen molar-refractivity contribution in [2.75, 3.05) is 25.0 Å². The van der Waals surface area contributed by atoms with Crippen LogP contribution < -0.4 is 10.9 Å². The van der Waals surface area contributed by atoms with Crippen molar-refractivity contribution in [3.63, 3.8) is 0 Å². The maximum absolute atomic E-state index is 12.6. The number of nitrogens with zero attached hydrogens (tertiary/aromatic N) is 2. The number of halogens is 3. The van der Waals surface area contributed by atoms with E-state index in [1.165, 1.54) is 0 Å². The van der Waals surface area contributed by atoms with Gasteiger partial charge in [0.25, 0.3) is 5.56 Å². The van der Waals surface area contributed by atoms with Crippen molar-refractivity contribution in [3.8, 4) is 0 Å². The Hall–Kier alpha value is -2.14. The Labute approximate surface area is 147 Å². The monoisotopic (exact) mass is 390 g/mol. The molecule has 2 aromatic rings. The van der Waals surface area contributed by atoms with Crippen LogP contribution in [-0.4, -0.2) is 47.8 Å². The summed E-state index contributed by atoms with van der Waals surface area (Å²) in [5.74, 6) is 0.255. The molecule has 1 aromatic heterocycles. The molecule has 1 fully saturated rings. The van der Waals surface area contributed by atoms with Gasteiger partial charge in [0, 0.05) is 19.6 Å². The number of H-pyrrole nitrogens is 1. The number of anilines is 1. The van der Waals surface area contributed by atoms with Crippen LogP contribution in [0.3, 0.4) is 0 Å². The summed E-state index contributed by atoms with van der Waals surface area (Å²) in [4.78, 5) is 18.9. The summed E-state index contributed by atoms with van der Waals surface area (Å²) in [6.45, 7) is 0.00685. The number of aromatic amines is 1. The predicted octanol–water partition coefficient (Wildman–Crippen LogP) is 1.90. The standard InChI is InChI=1S/C15H17F3N4O3S/c16-15(17,18)26(24,25)22-7-5-10(6-8-22)9-19-14-20-12-4-2-1-3-11(12)13(23)21-14/h1-4,10H,5-9H2,(H2,19,20,21,23). The molecular formula is C15H17F3N4O3S. The molecule has 0 unspecified atom stereocenters. The quantitative estimate of drug-likeness (QED) is 0.831. The number of hydrogen-bond donors (Lipinski definition) is 2. The Balaban J connectivity index is 1.60. The molecule has 1 saturated heterocycles. The molecule has 11 heteroatoms. The highest BCUT2D eigenvalue weighted by atomic mass is 32.2. The Morgan fingerprint density at radius 2 is 1.88 bits per heavy atom. The van der Waals surface area contributed by atoms with Crippen LogP contribution >= 0.6 is 0 Å². The Kier molecular flexibility index (Phi) is 4.93. The second-order valence-electron chi connectivity index (χ2n) is 6.11. The van der Waals surface area contributed by atoms with Crippen molar-refractivity contribution >= 4 is 26.9 Å². The summed E-state index contributed by atoms with van der Waals surface area (Å²) in [6.07, 6.45) is 0.584. The van der Waals surface area contributed by atoms with Crippen LogP contribution in [0, 0.1) is 5.92 Å². The number of rotatable bonds is 4. The number of para-hydroxylation sites is 1. The van der Waals surface area contributed by atoms with E-state index in [1.807, 2.05) is 0 Å². The number of fused-ring (bicyclic) bond motifs is 1. The molecule has 0 atom stereocenters. The maximum atomic E-state index is 12.6. The molecule has 2 heterocycles. The highest BCUT2D eigenvalue weighted by molar-refractivity contribution is 7.90. The first-order chi connectivity index (χ1) is 12.2. The molecule has 0 amide bonds. The predicted molar refractivity (Wildman–Crippen MR) is 90.1 cm³/mol.